The van der Waals surface area contributed by atoms with Crippen LogP contribution in [0.5, 0.6) is 0 Å². The number of aromatic nitrogens is 2. The maximum atomic E-state index is 11.1. The van der Waals surface area contributed by atoms with Crippen molar-refractivity contribution >= 4 is 5.97 Å². The normalized spacial score (nSPS) is 18.1. The van der Waals surface area contributed by atoms with E-state index in [1.807, 2.05) is 0 Å². The zero-order chi connectivity index (χ0) is 14.0. The Hall–Kier alpha value is -1.40. The van der Waals surface area contributed by atoms with Crippen LogP contribution in [0.1, 0.15) is 28.9 Å². The second-order valence-corrected chi connectivity index (χ2v) is 5.40. The molecule has 2 rings (SSSR count). The van der Waals surface area contributed by atoms with Crippen LogP contribution in [0.15, 0.2) is 6.20 Å². The Morgan fingerprint density at radius 3 is 2.63 bits per heavy atom. The van der Waals surface area contributed by atoms with Crippen molar-refractivity contribution in [3.8, 4) is 0 Å². The summed E-state index contributed by atoms with van der Waals surface area (Å²) in [6.07, 6.45) is 3.70. The van der Waals surface area contributed by atoms with Gasteiger partial charge in [0.25, 0.3) is 0 Å². The second kappa shape index (κ2) is 5.71. The molecule has 6 nitrogen and oxygen atoms in total. The Labute approximate surface area is 113 Å². The second-order valence-electron chi connectivity index (χ2n) is 5.40. The van der Waals surface area contributed by atoms with Gasteiger partial charge in [0.05, 0.1) is 11.9 Å². The van der Waals surface area contributed by atoms with E-state index in [1.54, 1.807) is 11.7 Å². The summed E-state index contributed by atoms with van der Waals surface area (Å²) in [7, 11) is 6.03. The van der Waals surface area contributed by atoms with E-state index >= 15 is 0 Å². The van der Waals surface area contributed by atoms with Crippen LogP contribution >= 0.6 is 0 Å². The molecule has 2 heterocycles. The Balaban J connectivity index is 1.99. The molecule has 6 heteroatoms. The van der Waals surface area contributed by atoms with E-state index in [9.17, 15) is 4.79 Å². The quantitative estimate of drug-likeness (QED) is 0.867. The average Bonchev–Trinajstić information content (AvgIpc) is 2.72. The molecule has 1 N–H and O–H groups in total. The Morgan fingerprint density at radius 1 is 1.47 bits per heavy atom. The number of carboxylic acids is 1. The number of nitrogens with zero attached hydrogens (tertiary/aromatic N) is 4. The maximum Gasteiger partial charge on any atom is 0.339 e. The van der Waals surface area contributed by atoms with Gasteiger partial charge in [0.15, 0.2) is 0 Å². The maximum absolute atomic E-state index is 11.1. The van der Waals surface area contributed by atoms with Crippen molar-refractivity contribution in [3.05, 3.63) is 17.5 Å². The molecule has 0 unspecified atom stereocenters. The SMILES string of the molecule is CN(C)C1CCN(Cc2c(C(=O)O)cnn2C)CC1. The highest BCUT2D eigenvalue weighted by Crippen LogP contribution is 2.18. The monoisotopic (exact) mass is 266 g/mol. The van der Waals surface area contributed by atoms with E-state index in [1.165, 1.54) is 6.20 Å². The molecule has 1 aliphatic heterocycles. The molecule has 0 aliphatic carbocycles. The fourth-order valence-electron chi connectivity index (χ4n) is 2.63. The van der Waals surface area contributed by atoms with Crippen LogP contribution in [0.25, 0.3) is 0 Å². The van der Waals surface area contributed by atoms with Crippen molar-refractivity contribution in [2.45, 2.75) is 25.4 Å². The fraction of sp³-hybridized carbons (Fsp3) is 0.692. The molecule has 106 valence electrons. The molecular weight excluding hydrogens is 244 g/mol. The highest BCUT2D eigenvalue weighted by molar-refractivity contribution is 5.88. The number of piperidine rings is 1. The summed E-state index contributed by atoms with van der Waals surface area (Å²) in [5.74, 6) is -0.897. The van der Waals surface area contributed by atoms with Gasteiger partial charge in [0, 0.05) is 32.7 Å². The number of carbonyl (C=O) groups is 1. The summed E-state index contributed by atoms with van der Waals surface area (Å²) < 4.78 is 1.67. The lowest BCUT2D eigenvalue weighted by molar-refractivity contribution is 0.0693. The van der Waals surface area contributed by atoms with Crippen molar-refractivity contribution in [3.63, 3.8) is 0 Å². The van der Waals surface area contributed by atoms with Crippen LogP contribution in [0.4, 0.5) is 0 Å². The first kappa shape index (κ1) is 14.0. The minimum absolute atomic E-state index is 0.317. The van der Waals surface area contributed by atoms with Gasteiger partial charge in [-0.15, -0.1) is 0 Å². The highest BCUT2D eigenvalue weighted by atomic mass is 16.4. The molecule has 0 spiro atoms. The molecule has 1 aliphatic rings. The fourth-order valence-corrected chi connectivity index (χ4v) is 2.63. The standard InChI is InChI=1S/C13H22N4O2/c1-15(2)10-4-6-17(7-5-10)9-12-11(13(18)19)8-14-16(12)3/h8,10H,4-7,9H2,1-3H3,(H,18,19). The van der Waals surface area contributed by atoms with Gasteiger partial charge in [-0.1, -0.05) is 0 Å². The summed E-state index contributed by atoms with van der Waals surface area (Å²) in [5.41, 5.74) is 1.10. The third-order valence-corrected chi connectivity index (χ3v) is 3.95. The first-order chi connectivity index (χ1) is 8.99. The molecule has 1 fully saturated rings. The minimum Gasteiger partial charge on any atom is -0.478 e. The van der Waals surface area contributed by atoms with Crippen molar-refractivity contribution < 1.29 is 9.90 Å². The zero-order valence-electron chi connectivity index (χ0n) is 11.8. The van der Waals surface area contributed by atoms with E-state index in [2.05, 4.69) is 29.0 Å². The van der Waals surface area contributed by atoms with Gasteiger partial charge in [0.1, 0.15) is 5.56 Å². The Morgan fingerprint density at radius 2 is 2.11 bits per heavy atom. The average molecular weight is 266 g/mol. The number of carboxylic acid groups (broad SMARTS) is 1. The number of hydrogen-bond acceptors (Lipinski definition) is 4. The van der Waals surface area contributed by atoms with Gasteiger partial charge in [-0.25, -0.2) is 4.79 Å². The molecule has 0 radical (unpaired) electrons. The van der Waals surface area contributed by atoms with E-state index in [0.29, 0.717) is 18.2 Å². The van der Waals surface area contributed by atoms with Crippen LogP contribution < -0.4 is 0 Å². The number of hydrogen-bond donors (Lipinski definition) is 1. The highest BCUT2D eigenvalue weighted by Gasteiger charge is 2.23. The van der Waals surface area contributed by atoms with E-state index in [-0.39, 0.29) is 0 Å². The molecular formula is C13H22N4O2. The van der Waals surface area contributed by atoms with Crippen molar-refractivity contribution in [1.82, 2.24) is 19.6 Å². The summed E-state index contributed by atoms with van der Waals surface area (Å²) in [5, 5.41) is 13.2. The zero-order valence-corrected chi connectivity index (χ0v) is 11.8. The van der Waals surface area contributed by atoms with Gasteiger partial charge in [0.2, 0.25) is 0 Å². The predicted molar refractivity (Wildman–Crippen MR) is 72.2 cm³/mol. The molecule has 0 bridgehead atoms. The smallest absolute Gasteiger partial charge is 0.339 e. The summed E-state index contributed by atoms with van der Waals surface area (Å²) in [6.45, 7) is 2.68. The van der Waals surface area contributed by atoms with Crippen molar-refractivity contribution in [1.29, 1.82) is 0 Å². The first-order valence-corrected chi connectivity index (χ1v) is 6.62. The van der Waals surface area contributed by atoms with E-state index in [0.717, 1.165) is 31.6 Å². The van der Waals surface area contributed by atoms with Crippen LogP contribution in [-0.4, -0.2) is 63.9 Å². The summed E-state index contributed by atoms with van der Waals surface area (Å²) in [6, 6.07) is 0.640. The van der Waals surface area contributed by atoms with Gasteiger partial charge in [-0.05, 0) is 26.9 Å². The summed E-state index contributed by atoms with van der Waals surface area (Å²) in [4.78, 5) is 15.7. The third-order valence-electron chi connectivity index (χ3n) is 3.95. The van der Waals surface area contributed by atoms with Gasteiger partial charge in [-0.3, -0.25) is 9.58 Å². The number of rotatable bonds is 4. The first-order valence-electron chi connectivity index (χ1n) is 6.62. The van der Waals surface area contributed by atoms with E-state index in [4.69, 9.17) is 5.11 Å². The minimum atomic E-state index is -0.897. The van der Waals surface area contributed by atoms with Crippen LogP contribution in [-0.2, 0) is 13.6 Å². The summed E-state index contributed by atoms with van der Waals surface area (Å²) >= 11 is 0. The van der Waals surface area contributed by atoms with Gasteiger partial charge >= 0.3 is 5.97 Å². The predicted octanol–water partition coefficient (Wildman–Crippen LogP) is 0.644. The molecule has 0 atom stereocenters. The molecule has 0 saturated carbocycles. The Kier molecular flexibility index (Phi) is 4.21. The Bertz CT molecular complexity index is 447. The van der Waals surface area contributed by atoms with Crippen molar-refractivity contribution in [2.75, 3.05) is 27.2 Å². The number of likely N-dealkylation sites (tertiary alicyclic amines) is 1. The van der Waals surface area contributed by atoms with Gasteiger partial charge in [-0.2, -0.15) is 5.10 Å². The lowest BCUT2D eigenvalue weighted by atomic mass is 10.0. The molecule has 0 aromatic carbocycles. The van der Waals surface area contributed by atoms with Crippen LogP contribution in [0.3, 0.4) is 0 Å². The van der Waals surface area contributed by atoms with Crippen LogP contribution in [0.2, 0.25) is 0 Å². The molecule has 19 heavy (non-hydrogen) atoms. The molecule has 1 aromatic heterocycles. The van der Waals surface area contributed by atoms with Crippen molar-refractivity contribution in [2.24, 2.45) is 7.05 Å². The lowest BCUT2D eigenvalue weighted by Crippen LogP contribution is -2.41. The lowest BCUT2D eigenvalue weighted by Gasteiger charge is -2.35. The van der Waals surface area contributed by atoms with Gasteiger partial charge < -0.3 is 10.0 Å². The topological polar surface area (TPSA) is 61.6 Å². The molecule has 1 aromatic rings. The third kappa shape index (κ3) is 3.13. The number of aryl methyl sites for hydroxylation is 1. The number of aromatic carboxylic acids is 1. The van der Waals surface area contributed by atoms with Crippen LogP contribution in [0, 0.1) is 0 Å². The van der Waals surface area contributed by atoms with E-state index < -0.39 is 5.97 Å². The molecule has 1 saturated heterocycles. The molecule has 0 amide bonds. The largest absolute Gasteiger partial charge is 0.478 e.